The number of ether oxygens (including phenoxy) is 1. The molecule has 1 aliphatic rings. The molecule has 4 nitrogen and oxygen atoms in total. The zero-order chi connectivity index (χ0) is 14.0. The topological polar surface area (TPSA) is 66.8 Å². The molecule has 2 N–H and O–H groups in total. The van der Waals surface area contributed by atoms with Crippen LogP contribution in [0.1, 0.15) is 17.3 Å². The van der Waals surface area contributed by atoms with Gasteiger partial charge >= 0.3 is 0 Å². The summed E-state index contributed by atoms with van der Waals surface area (Å²) in [4.78, 5) is 12.3. The molecule has 0 spiro atoms. The van der Waals surface area contributed by atoms with E-state index in [1.165, 1.54) is 18.2 Å². The number of benzene rings is 1. The van der Waals surface area contributed by atoms with Gasteiger partial charge in [0.15, 0.2) is 5.78 Å². The summed E-state index contributed by atoms with van der Waals surface area (Å²) in [5.74, 6) is -0.793. The van der Waals surface area contributed by atoms with E-state index in [1.807, 2.05) is 0 Å². The van der Waals surface area contributed by atoms with Gasteiger partial charge in [-0.3, -0.25) is 4.79 Å². The molecule has 1 aromatic carbocycles. The van der Waals surface area contributed by atoms with E-state index < -0.39 is 5.78 Å². The molecule has 100 valence electrons. The van der Waals surface area contributed by atoms with Crippen molar-refractivity contribution in [1.29, 1.82) is 0 Å². The summed E-state index contributed by atoms with van der Waals surface area (Å²) in [6.07, 6.45) is 3.02. The zero-order valence-electron chi connectivity index (χ0n) is 10.8. The highest BCUT2D eigenvalue weighted by Gasteiger charge is 2.28. The highest BCUT2D eigenvalue weighted by atomic mass is 16.5. The second kappa shape index (κ2) is 5.28. The number of carbonyl (C=O) groups is 1. The van der Waals surface area contributed by atoms with Gasteiger partial charge in [-0.25, -0.2) is 0 Å². The van der Waals surface area contributed by atoms with Crippen LogP contribution in [0.25, 0.3) is 0 Å². The minimum Gasteiger partial charge on any atom is -0.511 e. The molecule has 1 aromatic rings. The number of rotatable bonds is 3. The Morgan fingerprint density at radius 1 is 1.26 bits per heavy atom. The van der Waals surface area contributed by atoms with Crippen molar-refractivity contribution in [2.24, 2.45) is 5.92 Å². The number of para-hydroxylation sites is 1. The van der Waals surface area contributed by atoms with E-state index in [2.05, 4.69) is 0 Å². The first-order valence-corrected chi connectivity index (χ1v) is 6.03. The van der Waals surface area contributed by atoms with Crippen LogP contribution in [0.4, 0.5) is 0 Å². The number of hydrogen-bond acceptors (Lipinski definition) is 4. The Hall–Kier alpha value is -2.07. The molecule has 0 heterocycles. The minimum atomic E-state index is -0.395. The Kier molecular flexibility index (Phi) is 3.71. The van der Waals surface area contributed by atoms with Crippen LogP contribution in [0, 0.1) is 5.92 Å². The van der Waals surface area contributed by atoms with Crippen LogP contribution in [0.3, 0.4) is 0 Å². The monoisotopic (exact) mass is 260 g/mol. The normalized spacial score (nSPS) is 22.6. The number of hydrogen-bond donors (Lipinski definition) is 2. The summed E-state index contributed by atoms with van der Waals surface area (Å²) >= 11 is 0. The molecule has 0 saturated heterocycles. The Labute approximate surface area is 111 Å². The van der Waals surface area contributed by atoms with Crippen molar-refractivity contribution in [3.63, 3.8) is 0 Å². The summed E-state index contributed by atoms with van der Waals surface area (Å²) in [6, 6.07) is 6.27. The summed E-state index contributed by atoms with van der Waals surface area (Å²) in [6.45, 7) is 1.78. The first-order valence-electron chi connectivity index (χ1n) is 6.03. The molecule has 0 aliphatic heterocycles. The van der Waals surface area contributed by atoms with Crippen molar-refractivity contribution < 1.29 is 19.7 Å². The molecule has 4 heteroatoms. The van der Waals surface area contributed by atoms with Gasteiger partial charge in [-0.05, 0) is 18.2 Å². The average molecular weight is 260 g/mol. The number of methoxy groups -OCH3 is 1. The number of Topliss-reactive ketones (excluding diaryl/α,β-unsaturated/α-hetero) is 1. The van der Waals surface area contributed by atoms with Crippen LogP contribution in [-0.2, 0) is 4.74 Å². The van der Waals surface area contributed by atoms with E-state index >= 15 is 0 Å². The molecule has 0 fully saturated rings. The van der Waals surface area contributed by atoms with Gasteiger partial charge in [0.2, 0.25) is 0 Å². The van der Waals surface area contributed by atoms with Crippen LogP contribution in [0.2, 0.25) is 0 Å². The summed E-state index contributed by atoms with van der Waals surface area (Å²) < 4.78 is 5.19. The van der Waals surface area contributed by atoms with E-state index in [1.54, 1.807) is 32.2 Å². The molecular formula is C15H16O4. The fraction of sp³-hybridized carbons (Fsp3) is 0.267. The van der Waals surface area contributed by atoms with Crippen molar-refractivity contribution in [3.8, 4) is 5.75 Å². The molecule has 1 aliphatic carbocycles. The first kappa shape index (κ1) is 13.4. The van der Waals surface area contributed by atoms with Crippen molar-refractivity contribution >= 4 is 5.78 Å². The lowest BCUT2D eigenvalue weighted by Gasteiger charge is -2.24. The maximum atomic E-state index is 12.3. The van der Waals surface area contributed by atoms with Crippen LogP contribution in [0.5, 0.6) is 5.75 Å². The molecular weight excluding hydrogens is 244 g/mol. The minimum absolute atomic E-state index is 0.0115. The zero-order valence-corrected chi connectivity index (χ0v) is 10.8. The van der Waals surface area contributed by atoms with Crippen LogP contribution < -0.4 is 0 Å². The maximum absolute atomic E-state index is 12.3. The van der Waals surface area contributed by atoms with Gasteiger partial charge in [0.05, 0.1) is 17.2 Å². The molecule has 2 atom stereocenters. The number of aromatic hydroxyl groups is 1. The summed E-state index contributed by atoms with van der Waals surface area (Å²) in [5.41, 5.74) is 0.374. The molecule has 2 unspecified atom stereocenters. The van der Waals surface area contributed by atoms with Gasteiger partial charge in [-0.2, -0.15) is 0 Å². The summed E-state index contributed by atoms with van der Waals surface area (Å²) in [5, 5.41) is 19.8. The van der Waals surface area contributed by atoms with E-state index in [4.69, 9.17) is 4.74 Å². The van der Waals surface area contributed by atoms with Crippen molar-refractivity contribution in [1.82, 2.24) is 0 Å². The largest absolute Gasteiger partial charge is 0.511 e. The quantitative estimate of drug-likeness (QED) is 0.820. The number of aliphatic hydroxyl groups is 1. The third kappa shape index (κ3) is 2.39. The highest BCUT2D eigenvalue weighted by Crippen LogP contribution is 2.29. The predicted octanol–water partition coefficient (Wildman–Crippen LogP) is 2.61. The molecule has 0 saturated carbocycles. The second-order valence-corrected chi connectivity index (χ2v) is 4.49. The predicted molar refractivity (Wildman–Crippen MR) is 71.2 cm³/mol. The van der Waals surface area contributed by atoms with E-state index in [9.17, 15) is 15.0 Å². The number of carbonyl (C=O) groups excluding carboxylic acids is 1. The third-order valence-corrected chi connectivity index (χ3v) is 3.32. The lowest BCUT2D eigenvalue weighted by molar-refractivity contribution is 0.0863. The molecule has 19 heavy (non-hydrogen) atoms. The number of phenols is 1. The van der Waals surface area contributed by atoms with Crippen molar-refractivity contribution in [2.75, 3.05) is 7.11 Å². The fourth-order valence-electron chi connectivity index (χ4n) is 2.13. The molecule has 0 bridgehead atoms. The van der Waals surface area contributed by atoms with E-state index in [-0.39, 0.29) is 34.7 Å². The lowest BCUT2D eigenvalue weighted by atomic mass is 9.89. The molecule has 0 aromatic heterocycles. The Morgan fingerprint density at radius 3 is 2.58 bits per heavy atom. The SMILES string of the molecule is COC1C=CC(C(=O)c2ccccc2O)=C(O)C1C. The number of aliphatic hydroxyl groups excluding tert-OH is 1. The lowest BCUT2D eigenvalue weighted by Crippen LogP contribution is -2.25. The number of allylic oxidation sites excluding steroid dienone is 2. The number of ketones is 1. The summed E-state index contributed by atoms with van der Waals surface area (Å²) in [7, 11) is 1.55. The van der Waals surface area contributed by atoms with Gasteiger partial charge < -0.3 is 14.9 Å². The molecule has 0 amide bonds. The van der Waals surface area contributed by atoms with E-state index in [0.717, 1.165) is 0 Å². The highest BCUT2D eigenvalue weighted by molar-refractivity contribution is 6.12. The van der Waals surface area contributed by atoms with Gasteiger partial charge in [0, 0.05) is 13.0 Å². The molecule has 0 radical (unpaired) electrons. The maximum Gasteiger partial charge on any atom is 0.200 e. The van der Waals surface area contributed by atoms with Crippen molar-refractivity contribution in [3.05, 3.63) is 53.3 Å². The number of phenolic OH excluding ortho intramolecular Hbond substituents is 1. The average Bonchev–Trinajstić information content (AvgIpc) is 2.41. The first-order chi connectivity index (χ1) is 9.06. The smallest absolute Gasteiger partial charge is 0.200 e. The van der Waals surface area contributed by atoms with Gasteiger partial charge in [-0.15, -0.1) is 0 Å². The fourth-order valence-corrected chi connectivity index (χ4v) is 2.13. The Balaban J connectivity index is 2.38. The third-order valence-electron chi connectivity index (χ3n) is 3.32. The van der Waals surface area contributed by atoms with Gasteiger partial charge in [0.1, 0.15) is 11.5 Å². The Morgan fingerprint density at radius 2 is 1.95 bits per heavy atom. The van der Waals surface area contributed by atoms with Gasteiger partial charge in [-0.1, -0.05) is 25.1 Å². The van der Waals surface area contributed by atoms with Crippen LogP contribution >= 0.6 is 0 Å². The Bertz CT molecular complexity index is 557. The van der Waals surface area contributed by atoms with E-state index in [0.29, 0.717) is 0 Å². The van der Waals surface area contributed by atoms with Crippen LogP contribution in [0.15, 0.2) is 47.7 Å². The standard InChI is InChI=1S/C15H16O4/c1-9-13(19-2)8-7-11(14(9)17)15(18)10-5-3-4-6-12(10)16/h3-9,13,16-17H,1-2H3. The van der Waals surface area contributed by atoms with Crippen LogP contribution in [-0.4, -0.2) is 29.2 Å². The second-order valence-electron chi connectivity index (χ2n) is 4.49. The molecule has 2 rings (SSSR count). The van der Waals surface area contributed by atoms with Crippen molar-refractivity contribution in [2.45, 2.75) is 13.0 Å². The van der Waals surface area contributed by atoms with Gasteiger partial charge in [0.25, 0.3) is 0 Å².